The van der Waals surface area contributed by atoms with Crippen molar-refractivity contribution in [3.63, 3.8) is 0 Å². The quantitative estimate of drug-likeness (QED) is 0.677. The number of amides is 1. The molecule has 1 fully saturated rings. The molecule has 0 aliphatic carbocycles. The third kappa shape index (κ3) is 1.62. The van der Waals surface area contributed by atoms with Gasteiger partial charge in [-0.25, -0.2) is 9.59 Å². The number of fused-ring (bicyclic) bond motifs is 3. The summed E-state index contributed by atoms with van der Waals surface area (Å²) in [5.74, 6) is 0.343. The molecule has 2 aliphatic rings. The van der Waals surface area contributed by atoms with E-state index in [4.69, 9.17) is 19.4 Å². The second-order valence-corrected chi connectivity index (χ2v) is 4.51. The van der Waals surface area contributed by atoms with E-state index < -0.39 is 24.3 Å². The van der Waals surface area contributed by atoms with Gasteiger partial charge in [0.25, 0.3) is 0 Å². The summed E-state index contributed by atoms with van der Waals surface area (Å²) >= 11 is 5.75. The van der Waals surface area contributed by atoms with Gasteiger partial charge in [-0.1, -0.05) is 11.6 Å². The molecular formula is C10H11ClN4O3. The molecule has 1 atom stereocenters. The van der Waals surface area contributed by atoms with Gasteiger partial charge in [0.2, 0.25) is 0 Å². The van der Waals surface area contributed by atoms with Crippen molar-refractivity contribution in [2.45, 2.75) is 12.5 Å². The van der Waals surface area contributed by atoms with Gasteiger partial charge in [-0.05, 0) is 0 Å². The van der Waals surface area contributed by atoms with Crippen molar-refractivity contribution in [3.8, 4) is 0 Å². The number of hydrogen-bond donors (Lipinski definition) is 1. The van der Waals surface area contributed by atoms with E-state index in [0.717, 1.165) is 9.47 Å². The standard InChI is InChI=1S/C10H11ClN4O3/c11-7-3-8-14-2-1-13(10(17)18)4-6(14)5-15(8)9(16)12-7/h3,6H,1-2,4-5H2,(H,17,18)/i5D2. The van der Waals surface area contributed by atoms with Crippen molar-refractivity contribution < 1.29 is 12.6 Å². The molecule has 7 nitrogen and oxygen atoms in total. The Morgan fingerprint density at radius 2 is 2.39 bits per heavy atom. The van der Waals surface area contributed by atoms with Gasteiger partial charge < -0.3 is 14.9 Å². The third-order valence-electron chi connectivity index (χ3n) is 3.09. The molecule has 1 unspecified atom stereocenters. The summed E-state index contributed by atoms with van der Waals surface area (Å²) < 4.78 is 17.2. The molecule has 1 saturated heterocycles. The minimum atomic E-state index is -2.03. The lowest BCUT2D eigenvalue weighted by Gasteiger charge is -2.36. The fraction of sp³-hybridized carbons (Fsp3) is 0.500. The van der Waals surface area contributed by atoms with E-state index in [1.54, 1.807) is 4.90 Å². The van der Waals surface area contributed by atoms with E-state index in [9.17, 15) is 9.59 Å². The zero-order chi connectivity index (χ0) is 14.7. The topological polar surface area (TPSA) is 78.7 Å². The Hall–Kier alpha value is -1.76. The summed E-state index contributed by atoms with van der Waals surface area (Å²) in [5, 5.41) is 9.03. The molecule has 18 heavy (non-hydrogen) atoms. The highest BCUT2D eigenvalue weighted by molar-refractivity contribution is 6.29. The molecule has 1 N–H and O–H groups in total. The maximum Gasteiger partial charge on any atom is 0.407 e. The normalized spacial score (nSPS) is 26.2. The van der Waals surface area contributed by atoms with Gasteiger partial charge in [0.1, 0.15) is 11.0 Å². The zero-order valence-electron chi connectivity index (χ0n) is 11.2. The highest BCUT2D eigenvalue weighted by atomic mass is 35.5. The molecule has 3 heterocycles. The highest BCUT2D eigenvalue weighted by Gasteiger charge is 2.36. The predicted octanol–water partition coefficient (Wildman–Crippen LogP) is 0.0789. The van der Waals surface area contributed by atoms with Crippen LogP contribution < -0.4 is 10.6 Å². The first-order valence-electron chi connectivity index (χ1n) is 6.37. The Balaban J connectivity index is 2.10. The molecule has 0 spiro atoms. The first-order valence-corrected chi connectivity index (χ1v) is 5.75. The maximum atomic E-state index is 11.9. The molecule has 0 radical (unpaired) electrons. The van der Waals surface area contributed by atoms with Crippen LogP contribution in [0.15, 0.2) is 10.9 Å². The summed E-state index contributed by atoms with van der Waals surface area (Å²) in [6.07, 6.45) is -1.10. The third-order valence-corrected chi connectivity index (χ3v) is 3.29. The van der Waals surface area contributed by atoms with Gasteiger partial charge in [0.15, 0.2) is 0 Å². The molecule has 0 aromatic carbocycles. The van der Waals surface area contributed by atoms with Crippen LogP contribution in [0.3, 0.4) is 0 Å². The number of halogens is 1. The first-order chi connectivity index (χ1) is 9.32. The van der Waals surface area contributed by atoms with E-state index in [2.05, 4.69) is 4.98 Å². The Morgan fingerprint density at radius 3 is 3.11 bits per heavy atom. The van der Waals surface area contributed by atoms with Crippen LogP contribution in [0.25, 0.3) is 0 Å². The van der Waals surface area contributed by atoms with Gasteiger partial charge in [0.05, 0.1) is 15.3 Å². The van der Waals surface area contributed by atoms with Crippen molar-refractivity contribution in [1.29, 1.82) is 0 Å². The highest BCUT2D eigenvalue weighted by Crippen LogP contribution is 2.28. The van der Waals surface area contributed by atoms with Gasteiger partial charge in [-0.2, -0.15) is 4.98 Å². The number of rotatable bonds is 0. The average Bonchev–Trinajstić information content (AvgIpc) is 2.57. The van der Waals surface area contributed by atoms with Crippen LogP contribution >= 0.6 is 11.6 Å². The molecule has 96 valence electrons. The van der Waals surface area contributed by atoms with Crippen LogP contribution in [0.4, 0.5) is 10.6 Å². The smallest absolute Gasteiger partial charge is 0.407 e. The molecule has 2 aliphatic heterocycles. The first kappa shape index (κ1) is 9.21. The number of hydrogen-bond acceptors (Lipinski definition) is 4. The number of piperazine rings is 1. The second kappa shape index (κ2) is 3.88. The number of nitrogens with zero attached hydrogens (tertiary/aromatic N) is 4. The van der Waals surface area contributed by atoms with Gasteiger partial charge >= 0.3 is 11.8 Å². The Bertz CT molecular complexity index is 650. The minimum absolute atomic E-state index is 0.00151. The second-order valence-electron chi connectivity index (χ2n) is 4.12. The molecule has 0 bridgehead atoms. The molecular weight excluding hydrogens is 260 g/mol. The van der Waals surface area contributed by atoms with Crippen LogP contribution in [-0.2, 0) is 6.50 Å². The van der Waals surface area contributed by atoms with Crippen molar-refractivity contribution in [3.05, 3.63) is 21.7 Å². The lowest BCUT2D eigenvalue weighted by atomic mass is 10.2. The molecule has 8 heteroatoms. The lowest BCUT2D eigenvalue weighted by molar-refractivity contribution is 0.135. The van der Waals surface area contributed by atoms with Crippen LogP contribution in [0.1, 0.15) is 2.74 Å². The maximum absolute atomic E-state index is 11.9. The minimum Gasteiger partial charge on any atom is -0.465 e. The van der Waals surface area contributed by atoms with Crippen molar-refractivity contribution >= 4 is 23.5 Å². The predicted molar refractivity (Wildman–Crippen MR) is 64.2 cm³/mol. The van der Waals surface area contributed by atoms with Crippen LogP contribution in [0.5, 0.6) is 0 Å². The van der Waals surface area contributed by atoms with Gasteiger partial charge in [-0.15, -0.1) is 0 Å². The van der Waals surface area contributed by atoms with Gasteiger partial charge in [-0.3, -0.25) is 4.57 Å². The zero-order valence-corrected chi connectivity index (χ0v) is 9.96. The van der Waals surface area contributed by atoms with Crippen molar-refractivity contribution in [1.82, 2.24) is 14.5 Å². The van der Waals surface area contributed by atoms with E-state index in [0.29, 0.717) is 12.4 Å². The Kier molecular flexibility index (Phi) is 1.98. The van der Waals surface area contributed by atoms with Crippen molar-refractivity contribution in [2.75, 3.05) is 24.5 Å². The van der Waals surface area contributed by atoms with Crippen molar-refractivity contribution in [2.24, 2.45) is 0 Å². The monoisotopic (exact) mass is 272 g/mol. The molecule has 3 rings (SSSR count). The SMILES string of the molecule is [2H]C1([2H])C2CN(C(=O)O)CCN2c2cc(Cl)nc(=O)n21. The molecule has 1 amide bonds. The Labute approximate surface area is 110 Å². The number of aromatic nitrogens is 2. The fourth-order valence-corrected chi connectivity index (χ4v) is 2.44. The van der Waals surface area contributed by atoms with E-state index in [1.165, 1.54) is 6.07 Å². The molecule has 0 saturated carbocycles. The number of carbonyl (C=O) groups is 1. The van der Waals surface area contributed by atoms with Crippen LogP contribution in [0.2, 0.25) is 5.15 Å². The summed E-state index contributed by atoms with van der Waals surface area (Å²) in [6, 6.07) is 0.664. The lowest BCUT2D eigenvalue weighted by Crippen LogP contribution is -2.53. The largest absolute Gasteiger partial charge is 0.465 e. The number of anilines is 1. The summed E-state index contributed by atoms with van der Waals surface area (Å²) in [6.45, 7) is -1.49. The Morgan fingerprint density at radius 1 is 1.61 bits per heavy atom. The van der Waals surface area contributed by atoms with Crippen LogP contribution in [-0.4, -0.2) is 51.3 Å². The van der Waals surface area contributed by atoms with Crippen LogP contribution in [0, 0.1) is 0 Å². The number of carboxylic acid groups (broad SMARTS) is 1. The van der Waals surface area contributed by atoms with E-state index >= 15 is 0 Å². The van der Waals surface area contributed by atoms with Gasteiger partial charge in [0, 0.05) is 25.7 Å². The summed E-state index contributed by atoms with van der Waals surface area (Å²) in [7, 11) is 0. The fourth-order valence-electron chi connectivity index (χ4n) is 2.27. The molecule has 1 aromatic heterocycles. The average molecular weight is 273 g/mol. The summed E-state index contributed by atoms with van der Waals surface area (Å²) in [5.41, 5.74) is -0.770. The molecule has 1 aromatic rings. The summed E-state index contributed by atoms with van der Waals surface area (Å²) in [4.78, 5) is 29.3. The van der Waals surface area contributed by atoms with E-state index in [1.807, 2.05) is 0 Å². The van der Waals surface area contributed by atoms with E-state index in [-0.39, 0.29) is 18.2 Å².